The van der Waals surface area contributed by atoms with Gasteiger partial charge in [0.15, 0.2) is 0 Å². The van der Waals surface area contributed by atoms with E-state index in [1.165, 1.54) is 45.3 Å². The molecule has 1 N–H and O–H groups in total. The minimum absolute atomic E-state index is 0.803. The molecule has 1 aliphatic heterocycles. The maximum Gasteiger partial charge on any atom is 0.00928 e. The van der Waals surface area contributed by atoms with Crippen molar-refractivity contribution in [3.63, 3.8) is 0 Å². The zero-order valence-corrected chi connectivity index (χ0v) is 11.2. The Morgan fingerprint density at radius 3 is 2.44 bits per heavy atom. The highest BCUT2D eigenvalue weighted by molar-refractivity contribution is 4.84. The maximum absolute atomic E-state index is 3.49. The van der Waals surface area contributed by atoms with Crippen LogP contribution in [-0.2, 0) is 0 Å². The van der Waals surface area contributed by atoms with Crippen molar-refractivity contribution < 1.29 is 0 Å². The van der Waals surface area contributed by atoms with Crippen LogP contribution in [0.1, 0.15) is 39.5 Å². The van der Waals surface area contributed by atoms with E-state index in [1.807, 2.05) is 0 Å². The van der Waals surface area contributed by atoms with Gasteiger partial charge in [0.2, 0.25) is 0 Å². The van der Waals surface area contributed by atoms with E-state index in [9.17, 15) is 0 Å². The summed E-state index contributed by atoms with van der Waals surface area (Å²) in [5, 5.41) is 3.49. The van der Waals surface area contributed by atoms with Crippen LogP contribution in [0.25, 0.3) is 0 Å². The second-order valence-corrected chi connectivity index (χ2v) is 6.09. The normalized spacial score (nSPS) is 40.7. The first-order valence-electron chi connectivity index (χ1n) is 7.10. The summed E-state index contributed by atoms with van der Waals surface area (Å²) < 4.78 is 0. The molecule has 4 atom stereocenters. The second kappa shape index (κ2) is 5.50. The molecule has 1 saturated carbocycles. The highest BCUT2D eigenvalue weighted by Crippen LogP contribution is 2.29. The van der Waals surface area contributed by atoms with Gasteiger partial charge < -0.3 is 10.2 Å². The average Bonchev–Trinajstić information content (AvgIpc) is 2.83. The SMILES string of the molecule is CNC1CCCC1CCN1CC(C)C(C)C1. The van der Waals surface area contributed by atoms with Crippen molar-refractivity contribution in [3.05, 3.63) is 0 Å². The van der Waals surface area contributed by atoms with Gasteiger partial charge >= 0.3 is 0 Å². The molecular formula is C14H28N2. The lowest BCUT2D eigenvalue weighted by molar-refractivity contribution is 0.277. The molecule has 2 rings (SSSR count). The number of nitrogens with zero attached hydrogens (tertiary/aromatic N) is 1. The molecule has 0 aromatic rings. The van der Waals surface area contributed by atoms with Gasteiger partial charge in [0.25, 0.3) is 0 Å². The molecule has 1 aliphatic carbocycles. The van der Waals surface area contributed by atoms with Crippen LogP contribution in [0.4, 0.5) is 0 Å². The van der Waals surface area contributed by atoms with Gasteiger partial charge in [-0.05, 0) is 50.6 Å². The van der Waals surface area contributed by atoms with E-state index >= 15 is 0 Å². The van der Waals surface area contributed by atoms with Crippen LogP contribution < -0.4 is 5.32 Å². The Morgan fingerprint density at radius 1 is 1.12 bits per heavy atom. The molecule has 4 unspecified atom stereocenters. The van der Waals surface area contributed by atoms with Gasteiger partial charge in [-0.25, -0.2) is 0 Å². The van der Waals surface area contributed by atoms with Crippen molar-refractivity contribution in [3.8, 4) is 0 Å². The molecule has 94 valence electrons. The molecule has 1 heterocycles. The molecule has 0 amide bonds. The third-order valence-corrected chi connectivity index (χ3v) is 4.91. The lowest BCUT2D eigenvalue weighted by Gasteiger charge is -2.22. The Kier molecular flexibility index (Phi) is 4.26. The molecular weight excluding hydrogens is 196 g/mol. The number of rotatable bonds is 4. The van der Waals surface area contributed by atoms with E-state index in [-0.39, 0.29) is 0 Å². The van der Waals surface area contributed by atoms with Gasteiger partial charge in [-0.15, -0.1) is 0 Å². The fourth-order valence-corrected chi connectivity index (χ4v) is 3.54. The Hall–Kier alpha value is -0.0800. The largest absolute Gasteiger partial charge is 0.317 e. The van der Waals surface area contributed by atoms with E-state index in [4.69, 9.17) is 0 Å². The van der Waals surface area contributed by atoms with Crippen LogP contribution in [-0.4, -0.2) is 37.6 Å². The topological polar surface area (TPSA) is 15.3 Å². The number of hydrogen-bond acceptors (Lipinski definition) is 2. The quantitative estimate of drug-likeness (QED) is 0.788. The zero-order valence-electron chi connectivity index (χ0n) is 11.2. The molecule has 2 heteroatoms. The van der Waals surface area contributed by atoms with Gasteiger partial charge in [0, 0.05) is 19.1 Å². The van der Waals surface area contributed by atoms with Crippen molar-refractivity contribution in [2.75, 3.05) is 26.7 Å². The molecule has 1 saturated heterocycles. The van der Waals surface area contributed by atoms with E-state index in [2.05, 4.69) is 31.1 Å². The van der Waals surface area contributed by atoms with Crippen LogP contribution in [0.3, 0.4) is 0 Å². The highest BCUT2D eigenvalue weighted by Gasteiger charge is 2.29. The standard InChI is InChI=1S/C14H28N2/c1-11-9-16(10-12(11)2)8-7-13-5-4-6-14(13)15-3/h11-15H,4-10H2,1-3H3. The van der Waals surface area contributed by atoms with Gasteiger partial charge in [-0.1, -0.05) is 20.3 Å². The van der Waals surface area contributed by atoms with E-state index in [0.717, 1.165) is 23.8 Å². The lowest BCUT2D eigenvalue weighted by Crippen LogP contribution is -2.32. The molecule has 2 nitrogen and oxygen atoms in total. The van der Waals surface area contributed by atoms with Gasteiger partial charge in [-0.2, -0.15) is 0 Å². The molecule has 16 heavy (non-hydrogen) atoms. The van der Waals surface area contributed by atoms with E-state index < -0.39 is 0 Å². The average molecular weight is 224 g/mol. The minimum atomic E-state index is 0.803. The maximum atomic E-state index is 3.49. The van der Waals surface area contributed by atoms with Crippen molar-refractivity contribution in [2.24, 2.45) is 17.8 Å². The molecule has 0 aromatic heterocycles. The predicted octanol–water partition coefficient (Wildman–Crippen LogP) is 2.35. The summed E-state index contributed by atoms with van der Waals surface area (Å²) >= 11 is 0. The predicted molar refractivity (Wildman–Crippen MR) is 69.6 cm³/mol. The third kappa shape index (κ3) is 2.78. The highest BCUT2D eigenvalue weighted by atomic mass is 15.1. The minimum Gasteiger partial charge on any atom is -0.317 e. The molecule has 2 aliphatic rings. The van der Waals surface area contributed by atoms with E-state index in [1.54, 1.807) is 0 Å². The smallest absolute Gasteiger partial charge is 0.00928 e. The second-order valence-electron chi connectivity index (χ2n) is 6.09. The Morgan fingerprint density at radius 2 is 1.81 bits per heavy atom. The summed E-state index contributed by atoms with van der Waals surface area (Å²) in [6.45, 7) is 8.79. The Bertz CT molecular complexity index is 207. The third-order valence-electron chi connectivity index (χ3n) is 4.91. The number of likely N-dealkylation sites (tertiary alicyclic amines) is 1. The molecule has 2 fully saturated rings. The van der Waals surface area contributed by atoms with E-state index in [0.29, 0.717) is 0 Å². The first-order valence-corrected chi connectivity index (χ1v) is 7.10. The summed E-state index contributed by atoms with van der Waals surface area (Å²) in [6, 6.07) is 0.803. The zero-order chi connectivity index (χ0) is 11.5. The molecule has 0 aromatic carbocycles. The summed E-state index contributed by atoms with van der Waals surface area (Å²) in [4.78, 5) is 2.68. The number of nitrogens with one attached hydrogen (secondary N) is 1. The summed E-state index contributed by atoms with van der Waals surface area (Å²) in [5.74, 6) is 2.75. The molecule has 0 radical (unpaired) electrons. The Balaban J connectivity index is 1.71. The van der Waals surface area contributed by atoms with Crippen LogP contribution in [0.2, 0.25) is 0 Å². The Labute approximate surface area is 101 Å². The van der Waals surface area contributed by atoms with Crippen LogP contribution in [0.15, 0.2) is 0 Å². The van der Waals surface area contributed by atoms with Crippen molar-refractivity contribution in [1.82, 2.24) is 10.2 Å². The van der Waals surface area contributed by atoms with Crippen LogP contribution in [0, 0.1) is 17.8 Å². The summed E-state index contributed by atoms with van der Waals surface area (Å²) in [6.07, 6.45) is 5.69. The van der Waals surface area contributed by atoms with Crippen molar-refractivity contribution >= 4 is 0 Å². The van der Waals surface area contributed by atoms with Crippen molar-refractivity contribution in [1.29, 1.82) is 0 Å². The summed E-state index contributed by atoms with van der Waals surface area (Å²) in [7, 11) is 2.13. The van der Waals surface area contributed by atoms with Crippen LogP contribution >= 0.6 is 0 Å². The fraction of sp³-hybridized carbons (Fsp3) is 1.00. The fourth-order valence-electron chi connectivity index (χ4n) is 3.54. The molecule has 0 spiro atoms. The first-order chi connectivity index (χ1) is 7.70. The van der Waals surface area contributed by atoms with Crippen LogP contribution in [0.5, 0.6) is 0 Å². The van der Waals surface area contributed by atoms with Gasteiger partial charge in [0.1, 0.15) is 0 Å². The van der Waals surface area contributed by atoms with Gasteiger partial charge in [-0.3, -0.25) is 0 Å². The first kappa shape index (κ1) is 12.4. The molecule has 0 bridgehead atoms. The summed E-state index contributed by atoms with van der Waals surface area (Å²) in [5.41, 5.74) is 0. The number of hydrogen-bond donors (Lipinski definition) is 1. The van der Waals surface area contributed by atoms with Gasteiger partial charge in [0.05, 0.1) is 0 Å². The lowest BCUT2D eigenvalue weighted by atomic mass is 9.99. The van der Waals surface area contributed by atoms with Crippen molar-refractivity contribution in [2.45, 2.75) is 45.6 Å². The monoisotopic (exact) mass is 224 g/mol.